The van der Waals surface area contributed by atoms with Gasteiger partial charge < -0.3 is 18.6 Å². The zero-order valence-electron chi connectivity index (χ0n) is 15.0. The van der Waals surface area contributed by atoms with Gasteiger partial charge in [0, 0.05) is 17.0 Å². The predicted molar refractivity (Wildman–Crippen MR) is 95.9 cm³/mol. The van der Waals surface area contributed by atoms with Crippen LogP contribution in [0.2, 0.25) is 0 Å². The average Bonchev–Trinajstić information content (AvgIpc) is 2.62. The summed E-state index contributed by atoms with van der Waals surface area (Å²) in [6, 6.07) is 9.66. The van der Waals surface area contributed by atoms with Gasteiger partial charge in [0.25, 0.3) is 0 Å². The zero-order valence-corrected chi connectivity index (χ0v) is 15.0. The highest BCUT2D eigenvalue weighted by Crippen LogP contribution is 2.31. The standard InChI is InChI=1S/C20H18F2O5/c1-11-8-18(23)27-19-12(2)15(7-5-14(11)19)25-10-13-4-6-16(26-20(21)22)17(9-13)24-3/h4-9,20H,10H2,1-3H3. The number of rotatable bonds is 6. The van der Waals surface area contributed by atoms with Crippen molar-refractivity contribution in [1.29, 1.82) is 0 Å². The lowest BCUT2D eigenvalue weighted by molar-refractivity contribution is -0.0512. The molecule has 0 N–H and O–H groups in total. The molecule has 0 spiro atoms. The van der Waals surface area contributed by atoms with Crippen molar-refractivity contribution in [2.75, 3.05) is 7.11 Å². The largest absolute Gasteiger partial charge is 0.493 e. The van der Waals surface area contributed by atoms with Crippen LogP contribution in [0.4, 0.5) is 8.78 Å². The van der Waals surface area contributed by atoms with E-state index in [9.17, 15) is 13.6 Å². The quantitative estimate of drug-likeness (QED) is 0.589. The predicted octanol–water partition coefficient (Wildman–Crippen LogP) is 4.60. The highest BCUT2D eigenvalue weighted by Gasteiger charge is 2.13. The fraction of sp³-hybridized carbons (Fsp3) is 0.250. The van der Waals surface area contributed by atoms with Crippen molar-refractivity contribution in [3.63, 3.8) is 0 Å². The van der Waals surface area contributed by atoms with Crippen LogP contribution in [0.25, 0.3) is 11.0 Å². The van der Waals surface area contributed by atoms with Crippen molar-refractivity contribution in [3.05, 3.63) is 63.5 Å². The van der Waals surface area contributed by atoms with Crippen LogP contribution in [0.15, 0.2) is 45.6 Å². The summed E-state index contributed by atoms with van der Waals surface area (Å²) in [5, 5.41) is 0.842. The Bertz CT molecular complexity index is 1030. The third kappa shape index (κ3) is 4.02. The lowest BCUT2D eigenvalue weighted by Crippen LogP contribution is -2.05. The van der Waals surface area contributed by atoms with E-state index in [-0.39, 0.29) is 18.1 Å². The molecule has 1 aromatic heterocycles. The summed E-state index contributed by atoms with van der Waals surface area (Å²) in [7, 11) is 1.37. The summed E-state index contributed by atoms with van der Waals surface area (Å²) < 4.78 is 45.4. The minimum Gasteiger partial charge on any atom is -0.493 e. The van der Waals surface area contributed by atoms with E-state index in [1.807, 2.05) is 13.0 Å². The number of ether oxygens (including phenoxy) is 3. The topological polar surface area (TPSA) is 57.9 Å². The van der Waals surface area contributed by atoms with E-state index in [0.29, 0.717) is 22.5 Å². The summed E-state index contributed by atoms with van der Waals surface area (Å²) in [6.07, 6.45) is 0. The Hall–Kier alpha value is -3.09. The number of benzene rings is 2. The van der Waals surface area contributed by atoms with Gasteiger partial charge in [0.1, 0.15) is 17.9 Å². The maximum absolute atomic E-state index is 12.4. The van der Waals surface area contributed by atoms with Gasteiger partial charge in [0.2, 0.25) is 0 Å². The molecule has 142 valence electrons. The molecule has 0 unspecified atom stereocenters. The van der Waals surface area contributed by atoms with Gasteiger partial charge in [-0.3, -0.25) is 0 Å². The Labute approximate surface area is 154 Å². The van der Waals surface area contributed by atoms with Gasteiger partial charge in [0.15, 0.2) is 11.5 Å². The van der Waals surface area contributed by atoms with Crippen molar-refractivity contribution >= 4 is 11.0 Å². The maximum atomic E-state index is 12.4. The smallest absolute Gasteiger partial charge is 0.387 e. The molecular formula is C20H18F2O5. The SMILES string of the molecule is COc1cc(COc2ccc3c(C)cc(=O)oc3c2C)ccc1OC(F)F. The summed E-state index contributed by atoms with van der Waals surface area (Å²) in [5.41, 5.74) is 2.31. The van der Waals surface area contributed by atoms with Crippen molar-refractivity contribution < 1.29 is 27.4 Å². The molecule has 7 heteroatoms. The van der Waals surface area contributed by atoms with Crippen LogP contribution in [0.5, 0.6) is 17.2 Å². The Morgan fingerprint density at radius 1 is 1.04 bits per heavy atom. The summed E-state index contributed by atoms with van der Waals surface area (Å²) in [5.74, 6) is 0.701. The minimum absolute atomic E-state index is 0.0459. The molecule has 27 heavy (non-hydrogen) atoms. The molecule has 0 aliphatic carbocycles. The number of methoxy groups -OCH3 is 1. The van der Waals surface area contributed by atoms with Gasteiger partial charge in [-0.15, -0.1) is 0 Å². The summed E-state index contributed by atoms with van der Waals surface area (Å²) >= 11 is 0. The van der Waals surface area contributed by atoms with Crippen LogP contribution in [0.3, 0.4) is 0 Å². The van der Waals surface area contributed by atoms with Crippen LogP contribution in [-0.2, 0) is 6.61 Å². The summed E-state index contributed by atoms with van der Waals surface area (Å²) in [4.78, 5) is 11.6. The lowest BCUT2D eigenvalue weighted by Gasteiger charge is -2.13. The fourth-order valence-corrected chi connectivity index (χ4v) is 2.81. The highest BCUT2D eigenvalue weighted by atomic mass is 19.3. The first-order valence-corrected chi connectivity index (χ1v) is 8.17. The number of halogens is 2. The van der Waals surface area contributed by atoms with Gasteiger partial charge in [-0.05, 0) is 49.2 Å². The van der Waals surface area contributed by atoms with E-state index in [2.05, 4.69) is 4.74 Å². The third-order valence-corrected chi connectivity index (χ3v) is 4.16. The maximum Gasteiger partial charge on any atom is 0.387 e. The van der Waals surface area contributed by atoms with E-state index in [4.69, 9.17) is 13.9 Å². The highest BCUT2D eigenvalue weighted by molar-refractivity contribution is 5.84. The fourth-order valence-electron chi connectivity index (χ4n) is 2.81. The molecule has 0 bridgehead atoms. The van der Waals surface area contributed by atoms with Crippen LogP contribution >= 0.6 is 0 Å². The molecule has 0 aliphatic heterocycles. The normalized spacial score (nSPS) is 11.0. The molecule has 3 aromatic rings. The Morgan fingerprint density at radius 2 is 1.78 bits per heavy atom. The first kappa shape index (κ1) is 18.7. The average molecular weight is 376 g/mol. The van der Waals surface area contributed by atoms with Crippen LogP contribution < -0.4 is 19.8 Å². The zero-order chi connectivity index (χ0) is 19.6. The second-order valence-corrected chi connectivity index (χ2v) is 5.97. The van der Waals surface area contributed by atoms with E-state index < -0.39 is 12.2 Å². The van der Waals surface area contributed by atoms with E-state index in [1.54, 1.807) is 25.1 Å². The van der Waals surface area contributed by atoms with Crippen molar-refractivity contribution in [2.45, 2.75) is 27.1 Å². The van der Waals surface area contributed by atoms with Crippen LogP contribution in [0.1, 0.15) is 16.7 Å². The van der Waals surface area contributed by atoms with Gasteiger partial charge in [-0.1, -0.05) is 6.07 Å². The van der Waals surface area contributed by atoms with Crippen LogP contribution in [-0.4, -0.2) is 13.7 Å². The number of alkyl halides is 2. The van der Waals surface area contributed by atoms with Crippen molar-refractivity contribution in [3.8, 4) is 17.2 Å². The molecule has 0 saturated carbocycles. The van der Waals surface area contributed by atoms with E-state index >= 15 is 0 Å². The molecule has 0 fully saturated rings. The third-order valence-electron chi connectivity index (χ3n) is 4.16. The molecule has 0 radical (unpaired) electrons. The Balaban J connectivity index is 1.84. The van der Waals surface area contributed by atoms with Crippen molar-refractivity contribution in [1.82, 2.24) is 0 Å². The van der Waals surface area contributed by atoms with Gasteiger partial charge >= 0.3 is 12.2 Å². The molecule has 0 atom stereocenters. The van der Waals surface area contributed by atoms with Crippen molar-refractivity contribution in [2.24, 2.45) is 0 Å². The molecule has 0 aliphatic rings. The first-order chi connectivity index (χ1) is 12.9. The van der Waals surface area contributed by atoms with E-state index in [1.165, 1.54) is 19.2 Å². The molecule has 0 amide bonds. The van der Waals surface area contributed by atoms with Crippen LogP contribution in [0, 0.1) is 13.8 Å². The first-order valence-electron chi connectivity index (χ1n) is 8.17. The summed E-state index contributed by atoms with van der Waals surface area (Å²) in [6.45, 7) is 0.891. The minimum atomic E-state index is -2.93. The molecular weight excluding hydrogens is 358 g/mol. The molecule has 3 rings (SSSR count). The molecule has 2 aromatic carbocycles. The lowest BCUT2D eigenvalue weighted by atomic mass is 10.1. The molecule has 1 heterocycles. The van der Waals surface area contributed by atoms with E-state index in [0.717, 1.165) is 10.9 Å². The Morgan fingerprint density at radius 3 is 2.48 bits per heavy atom. The second kappa shape index (κ2) is 7.65. The van der Waals surface area contributed by atoms with Gasteiger partial charge in [0.05, 0.1) is 7.11 Å². The number of hydrogen-bond donors (Lipinski definition) is 0. The molecule has 5 nitrogen and oxygen atoms in total. The van der Waals surface area contributed by atoms with Gasteiger partial charge in [-0.2, -0.15) is 8.78 Å². The number of hydrogen-bond acceptors (Lipinski definition) is 5. The number of fused-ring (bicyclic) bond motifs is 1. The molecule has 0 saturated heterocycles. The monoisotopic (exact) mass is 376 g/mol. The number of aryl methyl sites for hydroxylation is 2. The Kier molecular flexibility index (Phi) is 5.30. The van der Waals surface area contributed by atoms with Gasteiger partial charge in [-0.25, -0.2) is 4.79 Å². The second-order valence-electron chi connectivity index (χ2n) is 5.97.